The summed E-state index contributed by atoms with van der Waals surface area (Å²) in [5, 5.41) is 11.2. The van der Waals surface area contributed by atoms with E-state index in [1.165, 1.54) is 0 Å². The van der Waals surface area contributed by atoms with E-state index in [4.69, 9.17) is 4.74 Å². The fourth-order valence-electron chi connectivity index (χ4n) is 5.50. The first kappa shape index (κ1) is 23.4. The van der Waals surface area contributed by atoms with Gasteiger partial charge in [-0.05, 0) is 79.6 Å². The van der Waals surface area contributed by atoms with Gasteiger partial charge in [-0.2, -0.15) is 5.10 Å². The van der Waals surface area contributed by atoms with Gasteiger partial charge in [-0.15, -0.1) is 0 Å². The Balaban J connectivity index is 1.36. The Morgan fingerprint density at radius 2 is 1.89 bits per heavy atom. The number of hydrogen-bond acceptors (Lipinski definition) is 5. The molecule has 2 aliphatic heterocycles. The second-order valence-corrected chi connectivity index (χ2v) is 10.1. The summed E-state index contributed by atoms with van der Waals surface area (Å²) in [4.78, 5) is 15.8. The third-order valence-electron chi connectivity index (χ3n) is 7.56. The van der Waals surface area contributed by atoms with Crippen molar-refractivity contribution in [1.29, 1.82) is 0 Å². The van der Waals surface area contributed by atoms with Crippen molar-refractivity contribution in [3.8, 4) is 16.9 Å². The number of methoxy groups -OCH3 is 1. The zero-order valence-corrected chi connectivity index (χ0v) is 21.3. The number of carbonyl (C=O) groups is 1. The Labute approximate surface area is 207 Å². The summed E-state index contributed by atoms with van der Waals surface area (Å²) in [7, 11) is 3.59. The third-order valence-corrected chi connectivity index (χ3v) is 7.56. The van der Waals surface area contributed by atoms with Crippen LogP contribution in [0.15, 0.2) is 42.6 Å². The van der Waals surface area contributed by atoms with Gasteiger partial charge in [-0.25, -0.2) is 0 Å². The SMILES string of the molecule is COc1cc(-c2cn(C)nc2C)cc([C@@H](C)NC(=O)c2cc(N3CC4CNCC4C3)ccc2C)c1. The lowest BCUT2D eigenvalue weighted by atomic mass is 9.99. The van der Waals surface area contributed by atoms with Crippen molar-refractivity contribution in [2.24, 2.45) is 18.9 Å². The second-order valence-electron chi connectivity index (χ2n) is 10.1. The quantitative estimate of drug-likeness (QED) is 0.569. The predicted octanol–water partition coefficient (Wildman–Crippen LogP) is 3.86. The maximum atomic E-state index is 13.4. The summed E-state index contributed by atoms with van der Waals surface area (Å²) in [5.41, 5.74) is 6.88. The van der Waals surface area contributed by atoms with E-state index in [1.807, 2.05) is 50.8 Å². The Morgan fingerprint density at radius 3 is 2.54 bits per heavy atom. The normalized spacial score (nSPS) is 20.1. The number of aromatic nitrogens is 2. The molecule has 3 heterocycles. The number of nitrogens with one attached hydrogen (secondary N) is 2. The molecule has 2 N–H and O–H groups in total. The van der Waals surface area contributed by atoms with E-state index in [0.29, 0.717) is 11.8 Å². The molecule has 2 unspecified atom stereocenters. The van der Waals surface area contributed by atoms with Crippen LogP contribution < -0.4 is 20.3 Å². The molecule has 0 bridgehead atoms. The Hall–Kier alpha value is -3.32. The molecule has 7 nitrogen and oxygen atoms in total. The molecule has 35 heavy (non-hydrogen) atoms. The highest BCUT2D eigenvalue weighted by molar-refractivity contribution is 5.97. The number of aryl methyl sites for hydroxylation is 3. The van der Waals surface area contributed by atoms with Crippen LogP contribution in [0.4, 0.5) is 5.69 Å². The highest BCUT2D eigenvalue weighted by atomic mass is 16.5. The maximum Gasteiger partial charge on any atom is 0.252 e. The Kier molecular flexibility index (Phi) is 6.28. The summed E-state index contributed by atoms with van der Waals surface area (Å²) >= 11 is 0. The lowest BCUT2D eigenvalue weighted by molar-refractivity contribution is 0.0939. The summed E-state index contributed by atoms with van der Waals surface area (Å²) in [6.45, 7) is 10.3. The van der Waals surface area contributed by atoms with Crippen molar-refractivity contribution in [3.05, 3.63) is 65.0 Å². The molecular weight excluding hydrogens is 438 g/mol. The van der Waals surface area contributed by atoms with Crippen LogP contribution in [0.25, 0.3) is 11.1 Å². The van der Waals surface area contributed by atoms with Crippen LogP contribution in [0.5, 0.6) is 5.75 Å². The summed E-state index contributed by atoms with van der Waals surface area (Å²) in [6, 6.07) is 12.2. The molecule has 2 aromatic carbocycles. The highest BCUT2D eigenvalue weighted by Crippen LogP contribution is 2.33. The van der Waals surface area contributed by atoms with Crippen molar-refractivity contribution in [2.75, 3.05) is 38.2 Å². The summed E-state index contributed by atoms with van der Waals surface area (Å²) in [6.07, 6.45) is 2.01. The molecule has 1 aromatic heterocycles. The van der Waals surface area contributed by atoms with Crippen molar-refractivity contribution >= 4 is 11.6 Å². The van der Waals surface area contributed by atoms with E-state index in [1.54, 1.807) is 7.11 Å². The fraction of sp³-hybridized carbons (Fsp3) is 0.429. The van der Waals surface area contributed by atoms with Crippen LogP contribution in [0.1, 0.15) is 40.1 Å². The molecule has 0 radical (unpaired) electrons. The van der Waals surface area contributed by atoms with Crippen LogP contribution in [-0.2, 0) is 7.05 Å². The van der Waals surface area contributed by atoms with E-state index < -0.39 is 0 Å². The Morgan fingerprint density at radius 1 is 1.14 bits per heavy atom. The highest BCUT2D eigenvalue weighted by Gasteiger charge is 2.36. The molecule has 5 rings (SSSR count). The first-order chi connectivity index (χ1) is 16.8. The van der Waals surface area contributed by atoms with Crippen molar-refractivity contribution in [3.63, 3.8) is 0 Å². The number of nitrogens with zero attached hydrogens (tertiary/aromatic N) is 3. The minimum atomic E-state index is -0.186. The van der Waals surface area contributed by atoms with Crippen molar-refractivity contribution in [1.82, 2.24) is 20.4 Å². The van der Waals surface area contributed by atoms with E-state index in [-0.39, 0.29) is 11.9 Å². The number of fused-ring (bicyclic) bond motifs is 1. The second kappa shape index (κ2) is 9.38. The molecule has 2 fully saturated rings. The first-order valence-corrected chi connectivity index (χ1v) is 12.4. The number of rotatable bonds is 6. The average molecular weight is 474 g/mol. The molecule has 2 aliphatic rings. The van der Waals surface area contributed by atoms with Gasteiger partial charge in [0.25, 0.3) is 5.91 Å². The Bertz CT molecular complexity index is 1240. The number of anilines is 1. The molecular formula is C28H35N5O2. The smallest absolute Gasteiger partial charge is 0.252 e. The van der Waals surface area contributed by atoms with Crippen molar-refractivity contribution < 1.29 is 9.53 Å². The predicted molar refractivity (Wildman–Crippen MR) is 139 cm³/mol. The summed E-state index contributed by atoms with van der Waals surface area (Å²) < 4.78 is 7.39. The maximum absolute atomic E-state index is 13.4. The van der Waals surface area contributed by atoms with E-state index in [0.717, 1.165) is 71.1 Å². The number of ether oxygens (including phenoxy) is 1. The number of amides is 1. The zero-order chi connectivity index (χ0) is 24.7. The van der Waals surface area contributed by atoms with Gasteiger partial charge in [0, 0.05) is 56.2 Å². The number of hydrogen-bond donors (Lipinski definition) is 2. The zero-order valence-electron chi connectivity index (χ0n) is 21.3. The van der Waals surface area contributed by atoms with E-state index in [2.05, 4.69) is 44.9 Å². The minimum Gasteiger partial charge on any atom is -0.497 e. The van der Waals surface area contributed by atoms with E-state index in [9.17, 15) is 4.79 Å². The van der Waals surface area contributed by atoms with E-state index >= 15 is 0 Å². The molecule has 0 spiro atoms. The van der Waals surface area contributed by atoms with Gasteiger partial charge >= 0.3 is 0 Å². The van der Waals surface area contributed by atoms with Crippen LogP contribution >= 0.6 is 0 Å². The van der Waals surface area contributed by atoms with Gasteiger partial charge in [-0.1, -0.05) is 6.07 Å². The number of benzene rings is 2. The lowest BCUT2D eigenvalue weighted by Crippen LogP contribution is -2.28. The molecule has 3 atom stereocenters. The van der Waals surface area contributed by atoms with Crippen molar-refractivity contribution in [2.45, 2.75) is 26.8 Å². The molecule has 0 saturated carbocycles. The van der Waals surface area contributed by atoms with Gasteiger partial charge in [-0.3, -0.25) is 9.48 Å². The van der Waals surface area contributed by atoms with Gasteiger partial charge in [0.1, 0.15) is 5.75 Å². The molecule has 7 heteroatoms. The molecule has 184 valence electrons. The third kappa shape index (κ3) is 4.65. The largest absolute Gasteiger partial charge is 0.497 e. The summed E-state index contributed by atoms with van der Waals surface area (Å²) in [5.74, 6) is 2.12. The molecule has 0 aliphatic carbocycles. The molecule has 1 amide bonds. The van der Waals surface area contributed by atoms with Crippen LogP contribution in [0.3, 0.4) is 0 Å². The van der Waals surface area contributed by atoms with Gasteiger partial charge in [0.2, 0.25) is 0 Å². The minimum absolute atomic E-state index is 0.0557. The standard InChI is InChI=1S/C28H35N5O2/c1-17-6-7-24(33-14-22-12-29-13-23(22)15-33)11-26(17)28(34)30-18(2)20-8-21(10-25(9-20)35-5)27-16-32(4)31-19(27)3/h6-11,16,18,22-23,29H,12-15H2,1-5H3,(H,30,34)/t18-,22?,23?/m1/s1. The topological polar surface area (TPSA) is 71.4 Å². The van der Waals surface area contributed by atoms with Crippen LogP contribution in [0.2, 0.25) is 0 Å². The molecule has 2 saturated heterocycles. The monoisotopic (exact) mass is 473 g/mol. The van der Waals surface area contributed by atoms with Crippen LogP contribution in [-0.4, -0.2) is 49.0 Å². The van der Waals surface area contributed by atoms with Gasteiger partial charge in [0.15, 0.2) is 0 Å². The van der Waals surface area contributed by atoms with Gasteiger partial charge < -0.3 is 20.3 Å². The van der Waals surface area contributed by atoms with Crippen LogP contribution in [0, 0.1) is 25.7 Å². The average Bonchev–Trinajstić information content (AvgIpc) is 3.53. The lowest BCUT2D eigenvalue weighted by Gasteiger charge is -2.22. The molecule has 3 aromatic rings. The first-order valence-electron chi connectivity index (χ1n) is 12.4. The number of carbonyl (C=O) groups excluding carboxylic acids is 1. The van der Waals surface area contributed by atoms with Gasteiger partial charge in [0.05, 0.1) is 18.8 Å². The fourth-order valence-corrected chi connectivity index (χ4v) is 5.50.